The van der Waals surface area contributed by atoms with E-state index in [4.69, 9.17) is 12.2 Å². The molecule has 0 aliphatic heterocycles. The lowest BCUT2D eigenvalue weighted by molar-refractivity contribution is -0.384. The number of hydrogen-bond acceptors (Lipinski definition) is 5. The zero-order chi connectivity index (χ0) is 16.9. The number of amides is 2. The first kappa shape index (κ1) is 17.5. The second kappa shape index (κ2) is 6.94. The molecule has 0 unspecified atom stereocenters. The van der Waals surface area contributed by atoms with Crippen molar-refractivity contribution in [2.45, 2.75) is 20.8 Å². The molecule has 0 aliphatic carbocycles. The summed E-state index contributed by atoms with van der Waals surface area (Å²) in [6, 6.07) is 5.22. The van der Waals surface area contributed by atoms with Crippen LogP contribution in [0.4, 0.5) is 5.69 Å². The molecule has 118 valence electrons. The average molecular weight is 324 g/mol. The van der Waals surface area contributed by atoms with Crippen LogP contribution in [0.5, 0.6) is 0 Å². The van der Waals surface area contributed by atoms with Crippen LogP contribution in [0.25, 0.3) is 0 Å². The Morgan fingerprint density at radius 1 is 1.23 bits per heavy atom. The third-order valence-corrected chi connectivity index (χ3v) is 2.72. The fourth-order valence-electron chi connectivity index (χ4n) is 1.27. The molecule has 9 heteroatoms. The topological polar surface area (TPSA) is 113 Å². The molecule has 0 fully saturated rings. The monoisotopic (exact) mass is 324 g/mol. The smallest absolute Gasteiger partial charge is 0.270 e. The average Bonchev–Trinajstić information content (AvgIpc) is 2.43. The van der Waals surface area contributed by atoms with E-state index >= 15 is 0 Å². The van der Waals surface area contributed by atoms with Gasteiger partial charge in [0.25, 0.3) is 11.6 Å². The predicted molar refractivity (Wildman–Crippen MR) is 83.9 cm³/mol. The molecule has 0 atom stereocenters. The quantitative estimate of drug-likeness (QED) is 0.429. The van der Waals surface area contributed by atoms with Crippen LogP contribution in [0.3, 0.4) is 0 Å². The fraction of sp³-hybridized carbons (Fsp3) is 0.308. The van der Waals surface area contributed by atoms with Crippen molar-refractivity contribution in [3.63, 3.8) is 0 Å². The van der Waals surface area contributed by atoms with Gasteiger partial charge in [-0.1, -0.05) is 26.8 Å². The van der Waals surface area contributed by atoms with Crippen LogP contribution in [-0.2, 0) is 4.79 Å². The molecule has 0 aromatic heterocycles. The molecule has 1 aromatic carbocycles. The lowest BCUT2D eigenvalue weighted by atomic mass is 9.96. The molecule has 0 spiro atoms. The summed E-state index contributed by atoms with van der Waals surface area (Å²) in [4.78, 5) is 33.6. The van der Waals surface area contributed by atoms with Crippen LogP contribution in [0.15, 0.2) is 24.3 Å². The summed E-state index contributed by atoms with van der Waals surface area (Å²) in [6.45, 7) is 5.14. The normalized spacial score (nSPS) is 10.5. The first-order valence-electron chi connectivity index (χ1n) is 6.27. The van der Waals surface area contributed by atoms with E-state index in [9.17, 15) is 19.7 Å². The van der Waals surface area contributed by atoms with E-state index in [-0.39, 0.29) is 22.3 Å². The van der Waals surface area contributed by atoms with E-state index in [1.807, 2.05) is 0 Å². The van der Waals surface area contributed by atoms with E-state index in [0.29, 0.717) is 0 Å². The molecule has 1 aromatic rings. The number of nitrogens with zero attached hydrogens (tertiary/aromatic N) is 1. The number of carbonyl (C=O) groups excluding carboxylic acids is 2. The molecular formula is C13H16N4O4S. The third-order valence-electron chi connectivity index (χ3n) is 2.52. The maximum atomic E-state index is 11.8. The number of rotatable bonds is 2. The number of thiocarbonyl (C=S) groups is 1. The van der Waals surface area contributed by atoms with Crippen molar-refractivity contribution < 1.29 is 14.5 Å². The molecule has 1 rings (SSSR count). The molecule has 0 heterocycles. The minimum Gasteiger partial charge on any atom is -0.301 e. The maximum Gasteiger partial charge on any atom is 0.270 e. The van der Waals surface area contributed by atoms with Gasteiger partial charge >= 0.3 is 0 Å². The SMILES string of the molecule is CC(C)(C)C(=O)NC(=S)NNC(=O)c1cccc([N+](=O)[O-])c1. The Hall–Kier alpha value is -2.55. The summed E-state index contributed by atoms with van der Waals surface area (Å²) in [5.74, 6) is -0.925. The zero-order valence-corrected chi connectivity index (χ0v) is 13.1. The van der Waals surface area contributed by atoms with E-state index in [1.165, 1.54) is 18.2 Å². The van der Waals surface area contributed by atoms with Crippen LogP contribution in [-0.4, -0.2) is 21.9 Å². The van der Waals surface area contributed by atoms with Crippen LogP contribution in [0.2, 0.25) is 0 Å². The Bertz CT molecular complexity index is 625. The van der Waals surface area contributed by atoms with Gasteiger partial charge in [0.05, 0.1) is 4.92 Å². The lowest BCUT2D eigenvalue weighted by Crippen LogP contribution is -2.50. The molecule has 0 saturated heterocycles. The molecule has 0 radical (unpaired) electrons. The Morgan fingerprint density at radius 3 is 2.41 bits per heavy atom. The van der Waals surface area contributed by atoms with E-state index in [0.717, 1.165) is 6.07 Å². The highest BCUT2D eigenvalue weighted by Crippen LogP contribution is 2.13. The molecule has 22 heavy (non-hydrogen) atoms. The molecule has 3 N–H and O–H groups in total. The van der Waals surface area contributed by atoms with Crippen molar-refractivity contribution in [3.05, 3.63) is 39.9 Å². The highest BCUT2D eigenvalue weighted by atomic mass is 32.1. The van der Waals surface area contributed by atoms with Crippen LogP contribution >= 0.6 is 12.2 Å². The largest absolute Gasteiger partial charge is 0.301 e. The molecule has 0 bridgehead atoms. The standard InChI is InChI=1S/C13H16N4O4S/c1-13(2,3)11(19)14-12(22)16-15-10(18)8-5-4-6-9(7-8)17(20)21/h4-7H,1-3H3,(H,15,18)(H2,14,16,19,22). The van der Waals surface area contributed by atoms with Crippen molar-refractivity contribution >= 4 is 34.8 Å². The number of nitrogens with one attached hydrogen (secondary N) is 3. The molecule has 0 saturated carbocycles. The minimum atomic E-state index is -0.629. The van der Waals surface area contributed by atoms with Crippen LogP contribution in [0, 0.1) is 15.5 Å². The number of nitro groups is 1. The summed E-state index contributed by atoms with van der Waals surface area (Å²) in [7, 11) is 0. The van der Waals surface area contributed by atoms with Crippen molar-refractivity contribution in [1.82, 2.24) is 16.2 Å². The van der Waals surface area contributed by atoms with E-state index in [1.54, 1.807) is 20.8 Å². The Morgan fingerprint density at radius 2 is 1.86 bits per heavy atom. The van der Waals surface area contributed by atoms with Gasteiger partial charge in [-0.05, 0) is 18.3 Å². The first-order chi connectivity index (χ1) is 10.1. The van der Waals surface area contributed by atoms with Crippen molar-refractivity contribution in [2.75, 3.05) is 0 Å². The number of carbonyl (C=O) groups is 2. The number of benzene rings is 1. The zero-order valence-electron chi connectivity index (χ0n) is 12.3. The predicted octanol–water partition coefficient (Wildman–Crippen LogP) is 1.28. The number of hydrazine groups is 1. The highest BCUT2D eigenvalue weighted by molar-refractivity contribution is 7.80. The number of non-ortho nitro benzene ring substituents is 1. The van der Waals surface area contributed by atoms with Gasteiger partial charge in [-0.2, -0.15) is 0 Å². The Balaban J connectivity index is 2.60. The second-order valence-corrected chi connectivity index (χ2v) is 5.83. The van der Waals surface area contributed by atoms with Gasteiger partial charge < -0.3 is 5.32 Å². The summed E-state index contributed by atoms with van der Waals surface area (Å²) in [6.07, 6.45) is 0. The van der Waals surface area contributed by atoms with Gasteiger partial charge in [0.2, 0.25) is 5.91 Å². The van der Waals surface area contributed by atoms with Crippen molar-refractivity contribution in [1.29, 1.82) is 0 Å². The van der Waals surface area contributed by atoms with Gasteiger partial charge in [-0.25, -0.2) is 0 Å². The molecular weight excluding hydrogens is 308 g/mol. The first-order valence-corrected chi connectivity index (χ1v) is 6.68. The van der Waals surface area contributed by atoms with Gasteiger partial charge in [0.15, 0.2) is 5.11 Å². The van der Waals surface area contributed by atoms with Gasteiger partial charge in [-0.15, -0.1) is 0 Å². The minimum absolute atomic E-state index is 0.0706. The van der Waals surface area contributed by atoms with Gasteiger partial charge in [0.1, 0.15) is 0 Å². The number of hydrogen-bond donors (Lipinski definition) is 3. The Labute approximate surface area is 132 Å². The Kier molecular flexibility index (Phi) is 5.52. The maximum absolute atomic E-state index is 11.8. The van der Waals surface area contributed by atoms with Crippen molar-refractivity contribution in [2.24, 2.45) is 5.41 Å². The summed E-state index contributed by atoms with van der Waals surface area (Å²) >= 11 is 4.87. The van der Waals surface area contributed by atoms with Gasteiger partial charge in [-0.3, -0.25) is 30.6 Å². The second-order valence-electron chi connectivity index (χ2n) is 5.42. The fourth-order valence-corrected chi connectivity index (χ4v) is 1.41. The third kappa shape index (κ3) is 5.09. The summed E-state index contributed by atoms with van der Waals surface area (Å²) in [5.41, 5.74) is 3.88. The highest BCUT2D eigenvalue weighted by Gasteiger charge is 2.22. The van der Waals surface area contributed by atoms with Crippen LogP contribution < -0.4 is 16.2 Å². The summed E-state index contributed by atoms with van der Waals surface area (Å²) in [5, 5.41) is 13.0. The molecule has 8 nitrogen and oxygen atoms in total. The van der Waals surface area contributed by atoms with E-state index in [2.05, 4.69) is 16.2 Å². The van der Waals surface area contributed by atoms with Crippen LogP contribution in [0.1, 0.15) is 31.1 Å². The lowest BCUT2D eigenvalue weighted by Gasteiger charge is -2.18. The van der Waals surface area contributed by atoms with Gasteiger partial charge in [0, 0.05) is 23.1 Å². The van der Waals surface area contributed by atoms with Crippen molar-refractivity contribution in [3.8, 4) is 0 Å². The molecule has 2 amide bonds. The number of nitro benzene ring substituents is 1. The van der Waals surface area contributed by atoms with E-state index < -0.39 is 16.2 Å². The summed E-state index contributed by atoms with van der Waals surface area (Å²) < 4.78 is 0. The molecule has 0 aliphatic rings.